The first kappa shape index (κ1) is 14.4. The lowest BCUT2D eigenvalue weighted by atomic mass is 9.77. The van der Waals surface area contributed by atoms with Crippen molar-refractivity contribution in [2.24, 2.45) is 11.3 Å². The molecule has 1 heterocycles. The Morgan fingerprint density at radius 3 is 2.42 bits per heavy atom. The van der Waals surface area contributed by atoms with Gasteiger partial charge in [-0.25, -0.2) is 4.79 Å². The summed E-state index contributed by atoms with van der Waals surface area (Å²) in [6.07, 6.45) is 6.40. The third-order valence-electron chi connectivity index (χ3n) is 4.61. The lowest BCUT2D eigenvalue weighted by Gasteiger charge is -2.35. The molecule has 0 bridgehead atoms. The molecule has 1 aliphatic carbocycles. The normalized spacial score (nSPS) is 26.1. The fourth-order valence-electron chi connectivity index (χ4n) is 3.91. The molecule has 2 fully saturated rings. The van der Waals surface area contributed by atoms with Gasteiger partial charge in [0.2, 0.25) is 5.91 Å². The molecule has 4 heteroatoms. The van der Waals surface area contributed by atoms with Crippen LogP contribution in [0.1, 0.15) is 58.8 Å². The molecule has 2 rings (SSSR count). The fraction of sp³-hybridized carbons (Fsp3) is 0.867. The second-order valence-corrected chi connectivity index (χ2v) is 6.58. The molecular formula is C15H25NO3. The topological polar surface area (TPSA) is 57.6 Å². The van der Waals surface area contributed by atoms with Crippen LogP contribution in [0.15, 0.2) is 0 Å². The van der Waals surface area contributed by atoms with Gasteiger partial charge in [-0.1, -0.05) is 26.7 Å². The number of carbonyl (C=O) groups excluding carboxylic acids is 1. The molecule has 1 saturated heterocycles. The highest BCUT2D eigenvalue weighted by Gasteiger charge is 2.47. The van der Waals surface area contributed by atoms with Crippen LogP contribution >= 0.6 is 0 Å². The van der Waals surface area contributed by atoms with Crippen molar-refractivity contribution in [1.82, 2.24) is 4.90 Å². The van der Waals surface area contributed by atoms with Crippen LogP contribution < -0.4 is 0 Å². The largest absolute Gasteiger partial charge is 0.480 e. The van der Waals surface area contributed by atoms with Gasteiger partial charge in [-0.3, -0.25) is 4.79 Å². The Bertz CT molecular complexity index is 358. The van der Waals surface area contributed by atoms with E-state index in [-0.39, 0.29) is 11.3 Å². The van der Waals surface area contributed by atoms with Crippen LogP contribution in [0.5, 0.6) is 0 Å². The van der Waals surface area contributed by atoms with E-state index in [4.69, 9.17) is 0 Å². The molecule has 1 amide bonds. The summed E-state index contributed by atoms with van der Waals surface area (Å²) in [4.78, 5) is 25.8. The van der Waals surface area contributed by atoms with E-state index in [0.29, 0.717) is 18.9 Å². The van der Waals surface area contributed by atoms with Crippen molar-refractivity contribution < 1.29 is 14.7 Å². The van der Waals surface area contributed by atoms with Gasteiger partial charge in [0.05, 0.1) is 0 Å². The number of hydrogen-bond acceptors (Lipinski definition) is 2. The lowest BCUT2D eigenvalue weighted by molar-refractivity contribution is -0.153. The van der Waals surface area contributed by atoms with Crippen LogP contribution in [-0.2, 0) is 9.59 Å². The van der Waals surface area contributed by atoms with Crippen molar-refractivity contribution in [3.05, 3.63) is 0 Å². The second kappa shape index (κ2) is 5.51. The van der Waals surface area contributed by atoms with Crippen LogP contribution in [0.3, 0.4) is 0 Å². The second-order valence-electron chi connectivity index (χ2n) is 6.58. The van der Waals surface area contributed by atoms with Crippen LogP contribution in [0.25, 0.3) is 0 Å². The van der Waals surface area contributed by atoms with Gasteiger partial charge in [-0.05, 0) is 38.0 Å². The van der Waals surface area contributed by atoms with Crippen molar-refractivity contribution >= 4 is 11.9 Å². The quantitative estimate of drug-likeness (QED) is 0.852. The molecular weight excluding hydrogens is 242 g/mol. The van der Waals surface area contributed by atoms with Crippen molar-refractivity contribution in [2.45, 2.75) is 64.8 Å². The highest BCUT2D eigenvalue weighted by Crippen LogP contribution is 2.45. The van der Waals surface area contributed by atoms with E-state index in [0.717, 1.165) is 38.5 Å². The Morgan fingerprint density at radius 1 is 1.26 bits per heavy atom. The van der Waals surface area contributed by atoms with Gasteiger partial charge < -0.3 is 10.0 Å². The smallest absolute Gasteiger partial charge is 0.326 e. The number of nitrogens with zero attached hydrogens (tertiary/aromatic N) is 1. The maximum Gasteiger partial charge on any atom is 0.326 e. The maximum absolute atomic E-state index is 12.9. The first-order valence-electron chi connectivity index (χ1n) is 7.50. The Morgan fingerprint density at radius 2 is 1.89 bits per heavy atom. The predicted molar refractivity (Wildman–Crippen MR) is 72.7 cm³/mol. The van der Waals surface area contributed by atoms with Crippen LogP contribution in [0.4, 0.5) is 0 Å². The SMILES string of the molecule is CC(C)CC1(C(=O)N2CCC[C@H]2C(=O)O)CCCC1. The molecule has 19 heavy (non-hydrogen) atoms. The Balaban J connectivity index is 2.17. The van der Waals surface area contributed by atoms with Gasteiger partial charge in [-0.15, -0.1) is 0 Å². The minimum Gasteiger partial charge on any atom is -0.480 e. The summed E-state index contributed by atoms with van der Waals surface area (Å²) in [6, 6.07) is -0.586. The van der Waals surface area contributed by atoms with Crippen molar-refractivity contribution in [3.63, 3.8) is 0 Å². The molecule has 0 spiro atoms. The molecule has 1 atom stereocenters. The van der Waals surface area contributed by atoms with Gasteiger partial charge in [0.1, 0.15) is 6.04 Å². The molecule has 1 N–H and O–H groups in total. The van der Waals surface area contributed by atoms with Crippen LogP contribution in [-0.4, -0.2) is 34.5 Å². The number of carbonyl (C=O) groups is 2. The van der Waals surface area contributed by atoms with Crippen molar-refractivity contribution in [3.8, 4) is 0 Å². The molecule has 2 aliphatic rings. The third-order valence-corrected chi connectivity index (χ3v) is 4.61. The predicted octanol–water partition coefficient (Wildman–Crippen LogP) is 2.67. The first-order valence-corrected chi connectivity index (χ1v) is 7.50. The summed E-state index contributed by atoms with van der Waals surface area (Å²) in [6.45, 7) is 4.91. The van der Waals surface area contributed by atoms with E-state index in [1.807, 2.05) is 0 Å². The Hall–Kier alpha value is -1.06. The van der Waals surface area contributed by atoms with E-state index in [1.165, 1.54) is 0 Å². The molecule has 0 aromatic rings. The number of aliphatic carboxylic acids is 1. The average Bonchev–Trinajstić information content (AvgIpc) is 2.95. The number of likely N-dealkylation sites (tertiary alicyclic amines) is 1. The number of amides is 1. The monoisotopic (exact) mass is 267 g/mol. The molecule has 1 saturated carbocycles. The zero-order chi connectivity index (χ0) is 14.0. The summed E-state index contributed by atoms with van der Waals surface area (Å²) in [5.41, 5.74) is -0.272. The first-order chi connectivity index (χ1) is 8.96. The third kappa shape index (κ3) is 2.77. The molecule has 4 nitrogen and oxygen atoms in total. The zero-order valence-electron chi connectivity index (χ0n) is 12.0. The summed E-state index contributed by atoms with van der Waals surface area (Å²) < 4.78 is 0. The van der Waals surface area contributed by atoms with Gasteiger partial charge in [0.15, 0.2) is 0 Å². The van der Waals surface area contributed by atoms with E-state index < -0.39 is 12.0 Å². The highest BCUT2D eigenvalue weighted by atomic mass is 16.4. The van der Waals surface area contributed by atoms with Gasteiger partial charge in [-0.2, -0.15) is 0 Å². The Labute approximate surface area is 115 Å². The fourth-order valence-corrected chi connectivity index (χ4v) is 3.91. The molecule has 0 radical (unpaired) electrons. The number of hydrogen-bond donors (Lipinski definition) is 1. The standard InChI is InChI=1S/C15H25NO3/c1-11(2)10-15(7-3-4-8-15)14(19)16-9-5-6-12(16)13(17)18/h11-12H,3-10H2,1-2H3,(H,17,18)/t12-/m0/s1. The summed E-state index contributed by atoms with van der Waals surface area (Å²) in [5.74, 6) is -0.250. The van der Waals surface area contributed by atoms with Crippen LogP contribution in [0.2, 0.25) is 0 Å². The summed E-state index contributed by atoms with van der Waals surface area (Å²) >= 11 is 0. The average molecular weight is 267 g/mol. The van der Waals surface area contributed by atoms with E-state index in [1.54, 1.807) is 4.90 Å². The summed E-state index contributed by atoms with van der Waals surface area (Å²) in [7, 11) is 0. The maximum atomic E-state index is 12.9. The molecule has 0 unspecified atom stereocenters. The van der Waals surface area contributed by atoms with Crippen LogP contribution in [0, 0.1) is 11.3 Å². The van der Waals surface area contributed by atoms with Crippen molar-refractivity contribution in [2.75, 3.05) is 6.54 Å². The lowest BCUT2D eigenvalue weighted by Crippen LogP contribution is -2.48. The van der Waals surface area contributed by atoms with Crippen molar-refractivity contribution in [1.29, 1.82) is 0 Å². The molecule has 108 valence electrons. The minimum atomic E-state index is -0.844. The molecule has 1 aliphatic heterocycles. The molecule has 0 aromatic heterocycles. The van der Waals surface area contributed by atoms with E-state index >= 15 is 0 Å². The number of rotatable bonds is 4. The van der Waals surface area contributed by atoms with E-state index in [2.05, 4.69) is 13.8 Å². The van der Waals surface area contributed by atoms with Gasteiger partial charge in [0.25, 0.3) is 0 Å². The zero-order valence-corrected chi connectivity index (χ0v) is 12.0. The van der Waals surface area contributed by atoms with Gasteiger partial charge in [0, 0.05) is 12.0 Å². The number of carboxylic acid groups (broad SMARTS) is 1. The summed E-state index contributed by atoms with van der Waals surface area (Å²) in [5, 5.41) is 9.25. The molecule has 0 aromatic carbocycles. The number of carboxylic acids is 1. The highest BCUT2D eigenvalue weighted by molar-refractivity contribution is 5.88. The minimum absolute atomic E-state index is 0.114. The van der Waals surface area contributed by atoms with E-state index in [9.17, 15) is 14.7 Å². The van der Waals surface area contributed by atoms with Gasteiger partial charge >= 0.3 is 5.97 Å². The Kier molecular flexibility index (Phi) is 4.16.